The number of aliphatic hydroxyl groups is 1. The van der Waals surface area contributed by atoms with Crippen molar-refractivity contribution < 1.29 is 20.1 Å². The molecule has 0 spiro atoms. The van der Waals surface area contributed by atoms with Crippen molar-refractivity contribution in [2.75, 3.05) is 0 Å². The van der Waals surface area contributed by atoms with Crippen LogP contribution < -0.4 is 0 Å². The lowest BCUT2D eigenvalue weighted by Crippen LogP contribution is -2.04. The minimum Gasteiger partial charge on any atom is -0.450 e. The Kier molecular flexibility index (Phi) is 5.20. The molecule has 0 radical (unpaired) electrons. The van der Waals surface area contributed by atoms with Crippen LogP contribution in [-0.2, 0) is 0 Å². The Hall–Kier alpha value is -1.03. The maximum absolute atomic E-state index is 8.82. The SMILES string of the molecule is O=C(O)O.OC1C=CCCC1. The van der Waals surface area contributed by atoms with E-state index in [-0.39, 0.29) is 6.10 Å². The summed E-state index contributed by atoms with van der Waals surface area (Å²) in [5.41, 5.74) is 0. The first kappa shape index (κ1) is 9.97. The molecule has 0 aromatic rings. The van der Waals surface area contributed by atoms with Gasteiger partial charge in [-0.15, -0.1) is 0 Å². The van der Waals surface area contributed by atoms with E-state index in [1.165, 1.54) is 0 Å². The fraction of sp³-hybridized carbons (Fsp3) is 0.571. The lowest BCUT2D eigenvalue weighted by molar-refractivity contribution is 0.137. The second kappa shape index (κ2) is 5.73. The van der Waals surface area contributed by atoms with E-state index in [1.807, 2.05) is 12.2 Å². The van der Waals surface area contributed by atoms with E-state index in [2.05, 4.69) is 0 Å². The Bertz CT molecular complexity index is 137. The lowest BCUT2D eigenvalue weighted by atomic mass is 10.1. The Morgan fingerprint density at radius 2 is 2.00 bits per heavy atom. The second-order valence-electron chi connectivity index (χ2n) is 2.21. The van der Waals surface area contributed by atoms with Crippen molar-refractivity contribution in [1.82, 2.24) is 0 Å². The summed E-state index contributed by atoms with van der Waals surface area (Å²) < 4.78 is 0. The van der Waals surface area contributed by atoms with Crippen molar-refractivity contribution >= 4 is 6.16 Å². The Labute approximate surface area is 64.8 Å². The molecule has 0 heterocycles. The Balaban J connectivity index is 0.000000218. The van der Waals surface area contributed by atoms with Crippen molar-refractivity contribution in [2.24, 2.45) is 0 Å². The van der Waals surface area contributed by atoms with Crippen LogP contribution in [-0.4, -0.2) is 27.6 Å². The minimum atomic E-state index is -1.83. The summed E-state index contributed by atoms with van der Waals surface area (Å²) >= 11 is 0. The minimum absolute atomic E-state index is 0.145. The molecule has 1 aliphatic carbocycles. The molecule has 1 atom stereocenters. The predicted octanol–water partition coefficient (Wildman–Crippen LogP) is 1.31. The highest BCUT2D eigenvalue weighted by Gasteiger charge is 2.00. The normalized spacial score (nSPS) is 21.7. The van der Waals surface area contributed by atoms with Crippen molar-refractivity contribution in [1.29, 1.82) is 0 Å². The molecule has 1 aliphatic rings. The summed E-state index contributed by atoms with van der Waals surface area (Å²) in [5.74, 6) is 0. The van der Waals surface area contributed by atoms with Gasteiger partial charge in [-0.1, -0.05) is 12.2 Å². The molecule has 1 unspecified atom stereocenters. The third-order valence-electron chi connectivity index (χ3n) is 1.23. The molecule has 4 heteroatoms. The van der Waals surface area contributed by atoms with Gasteiger partial charge >= 0.3 is 6.16 Å². The molecule has 0 saturated heterocycles. The third kappa shape index (κ3) is 8.97. The molecule has 4 nitrogen and oxygen atoms in total. The number of hydrogen-bond acceptors (Lipinski definition) is 2. The van der Waals surface area contributed by atoms with Gasteiger partial charge < -0.3 is 15.3 Å². The fourth-order valence-electron chi connectivity index (χ4n) is 0.794. The highest BCUT2D eigenvalue weighted by Crippen LogP contribution is 2.08. The topological polar surface area (TPSA) is 77.8 Å². The van der Waals surface area contributed by atoms with Gasteiger partial charge in [-0.2, -0.15) is 0 Å². The Morgan fingerprint density at radius 3 is 2.18 bits per heavy atom. The zero-order chi connectivity index (χ0) is 8.69. The summed E-state index contributed by atoms with van der Waals surface area (Å²) in [6.07, 6.45) is 5.18. The average Bonchev–Trinajstić information content (AvgIpc) is 1.87. The molecule has 1 rings (SSSR count). The first-order valence-corrected chi connectivity index (χ1v) is 3.39. The third-order valence-corrected chi connectivity index (χ3v) is 1.23. The number of allylic oxidation sites excluding steroid dienone is 1. The van der Waals surface area contributed by atoms with Gasteiger partial charge in [0.2, 0.25) is 0 Å². The van der Waals surface area contributed by atoms with Gasteiger partial charge in [0.15, 0.2) is 0 Å². The quantitative estimate of drug-likeness (QED) is 0.467. The van der Waals surface area contributed by atoms with Crippen LogP contribution in [0.2, 0.25) is 0 Å². The summed E-state index contributed by atoms with van der Waals surface area (Å²) in [5, 5.41) is 22.8. The first-order chi connectivity index (χ1) is 5.13. The summed E-state index contributed by atoms with van der Waals surface area (Å²) in [7, 11) is 0. The number of hydrogen-bond donors (Lipinski definition) is 3. The molecule has 64 valence electrons. The largest absolute Gasteiger partial charge is 0.503 e. The smallest absolute Gasteiger partial charge is 0.450 e. The lowest BCUT2D eigenvalue weighted by Gasteiger charge is -2.07. The van der Waals surface area contributed by atoms with Gasteiger partial charge in [-0.25, -0.2) is 4.79 Å². The molecule has 0 amide bonds. The van der Waals surface area contributed by atoms with E-state index in [0.29, 0.717) is 0 Å². The molecular formula is C7H12O4. The Morgan fingerprint density at radius 1 is 1.45 bits per heavy atom. The summed E-state index contributed by atoms with van der Waals surface area (Å²) in [4.78, 5) is 8.56. The number of aliphatic hydroxyl groups excluding tert-OH is 1. The number of rotatable bonds is 0. The van der Waals surface area contributed by atoms with Crippen LogP contribution in [0, 0.1) is 0 Å². The molecular weight excluding hydrogens is 148 g/mol. The highest BCUT2D eigenvalue weighted by atomic mass is 16.6. The average molecular weight is 160 g/mol. The number of carboxylic acid groups (broad SMARTS) is 2. The summed E-state index contributed by atoms with van der Waals surface area (Å²) in [6.45, 7) is 0. The van der Waals surface area contributed by atoms with Crippen molar-refractivity contribution in [3.63, 3.8) is 0 Å². The molecule has 0 aromatic carbocycles. The molecule has 0 aromatic heterocycles. The van der Waals surface area contributed by atoms with Gasteiger partial charge in [0, 0.05) is 0 Å². The number of carbonyl (C=O) groups is 1. The van der Waals surface area contributed by atoms with E-state index in [9.17, 15) is 0 Å². The zero-order valence-corrected chi connectivity index (χ0v) is 6.10. The van der Waals surface area contributed by atoms with Gasteiger partial charge in [0.25, 0.3) is 0 Å². The molecule has 3 N–H and O–H groups in total. The van der Waals surface area contributed by atoms with E-state index in [0.717, 1.165) is 19.3 Å². The maximum atomic E-state index is 8.82. The van der Waals surface area contributed by atoms with Crippen LogP contribution in [0.4, 0.5) is 4.79 Å². The molecule has 0 bridgehead atoms. The first-order valence-electron chi connectivity index (χ1n) is 3.39. The fourth-order valence-corrected chi connectivity index (χ4v) is 0.794. The van der Waals surface area contributed by atoms with Gasteiger partial charge in [-0.05, 0) is 19.3 Å². The van der Waals surface area contributed by atoms with Crippen LogP contribution in [0.25, 0.3) is 0 Å². The maximum Gasteiger partial charge on any atom is 0.503 e. The van der Waals surface area contributed by atoms with Crippen LogP contribution in [0.15, 0.2) is 12.2 Å². The van der Waals surface area contributed by atoms with Crippen molar-refractivity contribution in [2.45, 2.75) is 25.4 Å². The van der Waals surface area contributed by atoms with Crippen LogP contribution in [0.3, 0.4) is 0 Å². The van der Waals surface area contributed by atoms with E-state index in [4.69, 9.17) is 20.1 Å². The van der Waals surface area contributed by atoms with Gasteiger partial charge in [0.1, 0.15) is 0 Å². The van der Waals surface area contributed by atoms with Gasteiger partial charge in [0.05, 0.1) is 6.10 Å². The van der Waals surface area contributed by atoms with E-state index < -0.39 is 6.16 Å². The monoisotopic (exact) mass is 160 g/mol. The van der Waals surface area contributed by atoms with Crippen molar-refractivity contribution in [3.05, 3.63) is 12.2 Å². The van der Waals surface area contributed by atoms with Crippen LogP contribution >= 0.6 is 0 Å². The predicted molar refractivity (Wildman–Crippen MR) is 39.7 cm³/mol. The molecule has 11 heavy (non-hydrogen) atoms. The van der Waals surface area contributed by atoms with Gasteiger partial charge in [-0.3, -0.25) is 0 Å². The second-order valence-corrected chi connectivity index (χ2v) is 2.21. The highest BCUT2D eigenvalue weighted by molar-refractivity contribution is 5.53. The van der Waals surface area contributed by atoms with E-state index >= 15 is 0 Å². The molecule has 0 saturated carbocycles. The van der Waals surface area contributed by atoms with Crippen LogP contribution in [0.5, 0.6) is 0 Å². The standard InChI is InChI=1S/C6H10O.CH2O3/c7-6-4-2-1-3-5-6;2-1(3)4/h2,4,6-7H,1,3,5H2;(H2,2,3,4). The molecule has 0 aliphatic heterocycles. The van der Waals surface area contributed by atoms with Crippen molar-refractivity contribution in [3.8, 4) is 0 Å². The van der Waals surface area contributed by atoms with E-state index in [1.54, 1.807) is 0 Å². The summed E-state index contributed by atoms with van der Waals surface area (Å²) in [6, 6.07) is 0. The zero-order valence-electron chi connectivity index (χ0n) is 6.10. The van der Waals surface area contributed by atoms with Crippen LogP contribution in [0.1, 0.15) is 19.3 Å². The molecule has 0 fully saturated rings.